The van der Waals surface area contributed by atoms with E-state index in [9.17, 15) is 13.2 Å². The van der Waals surface area contributed by atoms with E-state index >= 15 is 0 Å². The van der Waals surface area contributed by atoms with Crippen molar-refractivity contribution < 1.29 is 17.9 Å². The minimum atomic E-state index is -4.56. The summed E-state index contributed by atoms with van der Waals surface area (Å²) < 4.78 is 41.4. The van der Waals surface area contributed by atoms with Crippen LogP contribution in [0.1, 0.15) is 5.56 Å². The molecule has 1 aromatic carbocycles. The van der Waals surface area contributed by atoms with Crippen LogP contribution in [0.4, 0.5) is 18.9 Å². The normalized spacial score (nSPS) is 15.8. The van der Waals surface area contributed by atoms with Crippen LogP contribution in [0.3, 0.4) is 0 Å². The number of hydrazone groups is 1. The summed E-state index contributed by atoms with van der Waals surface area (Å²) in [5, 5.41) is 4.51. The Morgan fingerprint density at radius 3 is 2.76 bits per heavy atom. The maximum absolute atomic E-state index is 12.3. The minimum Gasteiger partial charge on any atom is -0.450 e. The lowest BCUT2D eigenvalue weighted by Gasteiger charge is -2.11. The first kappa shape index (κ1) is 11.7. The van der Waals surface area contributed by atoms with Crippen LogP contribution < -0.4 is 10.7 Å². The number of hydrogen-bond donors (Lipinski definition) is 1. The first-order valence-corrected chi connectivity index (χ1v) is 4.86. The topological polar surface area (TPSA) is 50.8 Å². The monoisotopic (exact) mass is 245 g/mol. The van der Waals surface area contributed by atoms with E-state index in [0.29, 0.717) is 12.2 Å². The van der Waals surface area contributed by atoms with Gasteiger partial charge in [-0.25, -0.2) is 5.01 Å². The van der Waals surface area contributed by atoms with E-state index in [1.165, 1.54) is 0 Å². The molecule has 0 saturated carbocycles. The Balaban J connectivity index is 2.22. The molecule has 0 aromatic heterocycles. The lowest BCUT2D eigenvalue weighted by Crippen LogP contribution is -2.22. The highest BCUT2D eigenvalue weighted by Crippen LogP contribution is 2.26. The van der Waals surface area contributed by atoms with Gasteiger partial charge in [0.05, 0.1) is 5.69 Å². The van der Waals surface area contributed by atoms with Gasteiger partial charge >= 0.3 is 12.1 Å². The quantitative estimate of drug-likeness (QED) is 0.864. The van der Waals surface area contributed by atoms with Crippen molar-refractivity contribution in [2.75, 3.05) is 11.7 Å². The zero-order chi connectivity index (χ0) is 12.5. The third-order valence-electron chi connectivity index (χ3n) is 2.22. The first-order chi connectivity index (χ1) is 8.00. The van der Waals surface area contributed by atoms with Gasteiger partial charge in [0.25, 0.3) is 0 Å². The smallest absolute Gasteiger partial charge is 0.450 e. The number of anilines is 1. The van der Waals surface area contributed by atoms with Gasteiger partial charge in [0.15, 0.2) is 6.73 Å². The Hall–Kier alpha value is -1.76. The summed E-state index contributed by atoms with van der Waals surface area (Å²) in [5.74, 6) is -1.23. The van der Waals surface area contributed by atoms with Crippen LogP contribution in [0.25, 0.3) is 0 Å². The van der Waals surface area contributed by atoms with Crippen molar-refractivity contribution in [1.82, 2.24) is 0 Å². The van der Waals surface area contributed by atoms with Gasteiger partial charge in [-0.3, -0.25) is 0 Å². The standard InChI is InChI=1S/C10H10F3N3O/c11-10(12,13)9-15-16(6-17-9)8-3-1-2-7(4-8)5-14/h1-4H,5-6,14H2. The number of benzene rings is 1. The molecule has 0 amide bonds. The summed E-state index contributed by atoms with van der Waals surface area (Å²) >= 11 is 0. The Bertz CT molecular complexity index is 445. The van der Waals surface area contributed by atoms with Gasteiger partial charge in [0.2, 0.25) is 0 Å². The number of halogens is 3. The third-order valence-corrected chi connectivity index (χ3v) is 2.22. The molecule has 92 valence electrons. The molecular weight excluding hydrogens is 235 g/mol. The molecule has 2 N–H and O–H groups in total. The van der Waals surface area contributed by atoms with E-state index in [-0.39, 0.29) is 6.73 Å². The molecule has 1 aliphatic rings. The van der Waals surface area contributed by atoms with E-state index in [1.54, 1.807) is 24.3 Å². The van der Waals surface area contributed by atoms with Crippen molar-refractivity contribution in [2.45, 2.75) is 12.7 Å². The second-order valence-corrected chi connectivity index (χ2v) is 3.45. The van der Waals surface area contributed by atoms with E-state index in [4.69, 9.17) is 5.73 Å². The number of nitrogens with two attached hydrogens (primary N) is 1. The van der Waals surface area contributed by atoms with E-state index < -0.39 is 12.1 Å². The Morgan fingerprint density at radius 2 is 2.18 bits per heavy atom. The molecule has 0 bridgehead atoms. The van der Waals surface area contributed by atoms with Crippen molar-refractivity contribution in [2.24, 2.45) is 10.8 Å². The average Bonchev–Trinajstić information content (AvgIpc) is 2.78. The predicted octanol–water partition coefficient (Wildman–Crippen LogP) is 1.82. The second-order valence-electron chi connectivity index (χ2n) is 3.45. The molecule has 0 spiro atoms. The zero-order valence-corrected chi connectivity index (χ0v) is 8.74. The SMILES string of the molecule is NCc1cccc(N2COC(C(F)(F)F)=N2)c1. The third kappa shape index (κ3) is 2.50. The molecule has 0 atom stereocenters. The molecule has 1 aromatic rings. The molecule has 1 heterocycles. The number of rotatable bonds is 2. The van der Waals surface area contributed by atoms with Gasteiger partial charge in [0.1, 0.15) is 0 Å². The van der Waals surface area contributed by atoms with E-state index in [2.05, 4.69) is 9.84 Å². The van der Waals surface area contributed by atoms with Crippen LogP contribution in [0.15, 0.2) is 29.4 Å². The fourth-order valence-corrected chi connectivity index (χ4v) is 1.40. The summed E-state index contributed by atoms with van der Waals surface area (Å²) in [4.78, 5) is 0. The lowest BCUT2D eigenvalue weighted by molar-refractivity contribution is -0.0752. The van der Waals surface area contributed by atoms with Crippen molar-refractivity contribution >= 4 is 11.6 Å². The fourth-order valence-electron chi connectivity index (χ4n) is 1.40. The van der Waals surface area contributed by atoms with Gasteiger partial charge in [-0.2, -0.15) is 13.2 Å². The van der Waals surface area contributed by atoms with Crippen LogP contribution in [-0.4, -0.2) is 18.8 Å². The lowest BCUT2D eigenvalue weighted by atomic mass is 10.2. The van der Waals surface area contributed by atoms with E-state index in [0.717, 1.165) is 10.6 Å². The molecular formula is C10H10F3N3O. The van der Waals surface area contributed by atoms with Gasteiger partial charge in [-0.05, 0) is 17.7 Å². The maximum Gasteiger partial charge on any atom is 0.470 e. The highest BCUT2D eigenvalue weighted by atomic mass is 19.4. The van der Waals surface area contributed by atoms with Crippen molar-refractivity contribution in [3.05, 3.63) is 29.8 Å². The number of alkyl halides is 3. The predicted molar refractivity (Wildman–Crippen MR) is 56.3 cm³/mol. The minimum absolute atomic E-state index is 0.247. The van der Waals surface area contributed by atoms with Crippen molar-refractivity contribution in [3.63, 3.8) is 0 Å². The molecule has 7 heteroatoms. The van der Waals surface area contributed by atoms with Gasteiger partial charge in [-0.15, -0.1) is 5.10 Å². The van der Waals surface area contributed by atoms with Crippen LogP contribution in [0, 0.1) is 0 Å². The first-order valence-electron chi connectivity index (χ1n) is 4.86. The summed E-state index contributed by atoms with van der Waals surface area (Å²) in [6.07, 6.45) is -4.56. The molecule has 0 radical (unpaired) electrons. The number of hydrogen-bond acceptors (Lipinski definition) is 4. The summed E-state index contributed by atoms with van der Waals surface area (Å²) in [6, 6.07) is 6.81. The Kier molecular flexibility index (Phi) is 2.93. The van der Waals surface area contributed by atoms with Crippen molar-refractivity contribution in [3.8, 4) is 0 Å². The molecule has 2 rings (SSSR count). The summed E-state index contributed by atoms with van der Waals surface area (Å²) in [5.41, 5.74) is 6.79. The summed E-state index contributed by atoms with van der Waals surface area (Å²) in [6.45, 7) is 0.0707. The number of nitrogens with zero attached hydrogens (tertiary/aromatic N) is 2. The van der Waals surface area contributed by atoms with E-state index in [1.807, 2.05) is 0 Å². The Morgan fingerprint density at radius 1 is 1.41 bits per heavy atom. The van der Waals surface area contributed by atoms with Gasteiger partial charge in [-0.1, -0.05) is 12.1 Å². The van der Waals surface area contributed by atoms with Crippen LogP contribution in [-0.2, 0) is 11.3 Å². The van der Waals surface area contributed by atoms with Crippen LogP contribution >= 0.6 is 0 Å². The zero-order valence-electron chi connectivity index (χ0n) is 8.74. The highest BCUT2D eigenvalue weighted by molar-refractivity contribution is 5.84. The van der Waals surface area contributed by atoms with Crippen LogP contribution in [0.5, 0.6) is 0 Å². The second kappa shape index (κ2) is 4.25. The van der Waals surface area contributed by atoms with Crippen LogP contribution in [0.2, 0.25) is 0 Å². The van der Waals surface area contributed by atoms with Gasteiger partial charge < -0.3 is 10.5 Å². The maximum atomic E-state index is 12.3. The number of ether oxygens (including phenoxy) is 1. The summed E-state index contributed by atoms with van der Waals surface area (Å²) in [7, 11) is 0. The average molecular weight is 245 g/mol. The molecule has 4 nitrogen and oxygen atoms in total. The fraction of sp³-hybridized carbons (Fsp3) is 0.300. The largest absolute Gasteiger partial charge is 0.470 e. The molecule has 0 aliphatic carbocycles. The molecule has 17 heavy (non-hydrogen) atoms. The molecule has 1 aliphatic heterocycles. The highest BCUT2D eigenvalue weighted by Gasteiger charge is 2.42. The van der Waals surface area contributed by atoms with Gasteiger partial charge in [0, 0.05) is 6.54 Å². The molecule has 0 saturated heterocycles. The van der Waals surface area contributed by atoms with Crippen molar-refractivity contribution in [1.29, 1.82) is 0 Å². The molecule has 0 fully saturated rings. The Labute approximate surface area is 95.5 Å². The molecule has 0 unspecified atom stereocenters.